The fourth-order valence-electron chi connectivity index (χ4n) is 3.40. The van der Waals surface area contributed by atoms with E-state index in [4.69, 9.17) is 0 Å². The second kappa shape index (κ2) is 12.8. The zero-order valence-corrected chi connectivity index (χ0v) is 20.1. The standard InChI is InChI=1S/C25H37N3O2S/c1-25(2,3)27-24(30)23(14-16-31-19-21-11-8-15-26-17-21)28(4)18-22(29)13-12-20-9-6-5-7-10-20/h5-11,15,17,22-23,29H,12-14,16,18-19H2,1-4H3,(H,27,30)/t22-,23?/m0/s1. The van der Waals surface area contributed by atoms with E-state index >= 15 is 0 Å². The fraction of sp³-hybridized carbons (Fsp3) is 0.520. The highest BCUT2D eigenvalue weighted by Gasteiger charge is 2.27. The van der Waals surface area contributed by atoms with Gasteiger partial charge in [-0.3, -0.25) is 14.7 Å². The lowest BCUT2D eigenvalue weighted by Gasteiger charge is -2.32. The molecule has 2 aromatic rings. The summed E-state index contributed by atoms with van der Waals surface area (Å²) in [5, 5.41) is 13.7. The first-order chi connectivity index (χ1) is 14.7. The second-order valence-electron chi connectivity index (χ2n) is 9.08. The van der Waals surface area contributed by atoms with Crippen molar-refractivity contribution >= 4 is 17.7 Å². The third-order valence-corrected chi connectivity index (χ3v) is 6.03. The zero-order chi connectivity index (χ0) is 22.7. The number of pyridine rings is 1. The van der Waals surface area contributed by atoms with Crippen LogP contribution < -0.4 is 5.32 Å². The number of benzene rings is 1. The van der Waals surface area contributed by atoms with Crippen LogP contribution in [0.25, 0.3) is 0 Å². The molecular formula is C25H37N3O2S. The van der Waals surface area contributed by atoms with Gasteiger partial charge >= 0.3 is 0 Å². The number of aryl methyl sites for hydroxylation is 1. The SMILES string of the molecule is CN(C[C@@H](O)CCc1ccccc1)C(CCSCc1cccnc1)C(=O)NC(C)(C)C. The van der Waals surface area contributed by atoms with E-state index in [0.29, 0.717) is 13.0 Å². The number of hydrogen-bond acceptors (Lipinski definition) is 5. The summed E-state index contributed by atoms with van der Waals surface area (Å²) >= 11 is 1.80. The normalized spacial score (nSPS) is 13.7. The Morgan fingerprint density at radius 3 is 2.48 bits per heavy atom. The van der Waals surface area contributed by atoms with E-state index in [1.165, 1.54) is 11.1 Å². The molecule has 2 atom stereocenters. The van der Waals surface area contributed by atoms with E-state index in [0.717, 1.165) is 24.3 Å². The van der Waals surface area contributed by atoms with Gasteiger partial charge in [-0.25, -0.2) is 0 Å². The third kappa shape index (κ3) is 10.3. The summed E-state index contributed by atoms with van der Waals surface area (Å²) in [6.45, 7) is 6.46. The van der Waals surface area contributed by atoms with Crippen LogP contribution in [0.1, 0.15) is 44.7 Å². The van der Waals surface area contributed by atoms with Gasteiger partial charge in [0.05, 0.1) is 12.1 Å². The molecule has 0 aliphatic carbocycles. The van der Waals surface area contributed by atoms with Crippen molar-refractivity contribution in [3.8, 4) is 0 Å². The lowest BCUT2D eigenvalue weighted by atomic mass is 10.0. The number of carbonyl (C=O) groups excluding carboxylic acids is 1. The summed E-state index contributed by atoms with van der Waals surface area (Å²) in [6, 6.07) is 13.9. The Morgan fingerprint density at radius 1 is 1.13 bits per heavy atom. The van der Waals surface area contributed by atoms with Gasteiger partial charge in [-0.05, 0) is 70.0 Å². The topological polar surface area (TPSA) is 65.5 Å². The molecule has 0 bridgehead atoms. The van der Waals surface area contributed by atoms with Gasteiger partial charge in [-0.2, -0.15) is 11.8 Å². The smallest absolute Gasteiger partial charge is 0.237 e. The van der Waals surface area contributed by atoms with Gasteiger partial charge < -0.3 is 10.4 Å². The first kappa shape index (κ1) is 25.4. The van der Waals surface area contributed by atoms with Gasteiger partial charge in [0.25, 0.3) is 0 Å². The average Bonchev–Trinajstić information content (AvgIpc) is 2.72. The van der Waals surface area contributed by atoms with Gasteiger partial charge in [0.2, 0.25) is 5.91 Å². The van der Waals surface area contributed by atoms with Crippen molar-refractivity contribution in [2.24, 2.45) is 0 Å². The summed E-state index contributed by atoms with van der Waals surface area (Å²) in [5.74, 6) is 1.76. The van der Waals surface area contributed by atoms with Crippen molar-refractivity contribution < 1.29 is 9.90 Å². The summed E-state index contributed by atoms with van der Waals surface area (Å²) < 4.78 is 0. The number of amides is 1. The minimum absolute atomic E-state index is 0.0206. The number of rotatable bonds is 12. The van der Waals surface area contributed by atoms with Crippen molar-refractivity contribution in [2.45, 2.75) is 63.5 Å². The van der Waals surface area contributed by atoms with Crippen LogP contribution in [0.3, 0.4) is 0 Å². The molecule has 0 saturated carbocycles. The monoisotopic (exact) mass is 443 g/mol. The maximum Gasteiger partial charge on any atom is 0.237 e. The molecule has 0 aliphatic rings. The van der Waals surface area contributed by atoms with E-state index in [-0.39, 0.29) is 17.5 Å². The molecule has 31 heavy (non-hydrogen) atoms. The van der Waals surface area contributed by atoms with Crippen LogP contribution in [-0.2, 0) is 17.0 Å². The molecule has 5 nitrogen and oxygen atoms in total. The minimum Gasteiger partial charge on any atom is -0.392 e. The van der Waals surface area contributed by atoms with Gasteiger partial charge in [-0.1, -0.05) is 36.4 Å². The number of nitrogens with zero attached hydrogens (tertiary/aromatic N) is 2. The molecular weight excluding hydrogens is 406 g/mol. The van der Waals surface area contributed by atoms with E-state index in [1.807, 2.05) is 63.2 Å². The van der Waals surface area contributed by atoms with Crippen LogP contribution in [0.4, 0.5) is 0 Å². The number of nitrogens with one attached hydrogen (secondary N) is 1. The fourth-order valence-corrected chi connectivity index (χ4v) is 4.34. The molecule has 6 heteroatoms. The van der Waals surface area contributed by atoms with Crippen LogP contribution in [0.15, 0.2) is 54.9 Å². The Morgan fingerprint density at radius 2 is 1.84 bits per heavy atom. The highest BCUT2D eigenvalue weighted by molar-refractivity contribution is 7.98. The average molecular weight is 444 g/mol. The summed E-state index contributed by atoms with van der Waals surface area (Å²) in [7, 11) is 1.93. The molecule has 1 aromatic heterocycles. The first-order valence-electron chi connectivity index (χ1n) is 11.0. The Hall–Kier alpha value is -1.89. The van der Waals surface area contributed by atoms with Crippen molar-refractivity contribution in [2.75, 3.05) is 19.3 Å². The van der Waals surface area contributed by atoms with Crippen LogP contribution in [0, 0.1) is 0 Å². The van der Waals surface area contributed by atoms with Crippen molar-refractivity contribution in [3.63, 3.8) is 0 Å². The van der Waals surface area contributed by atoms with Gasteiger partial charge in [0.15, 0.2) is 0 Å². The van der Waals surface area contributed by atoms with Crippen LogP contribution >= 0.6 is 11.8 Å². The van der Waals surface area contributed by atoms with Crippen molar-refractivity contribution in [3.05, 3.63) is 66.0 Å². The lowest BCUT2D eigenvalue weighted by molar-refractivity contribution is -0.128. The minimum atomic E-state index is -0.474. The molecule has 2 N–H and O–H groups in total. The molecule has 0 radical (unpaired) electrons. The highest BCUT2D eigenvalue weighted by Crippen LogP contribution is 2.16. The second-order valence-corrected chi connectivity index (χ2v) is 10.2. The maximum atomic E-state index is 13.0. The van der Waals surface area contributed by atoms with Crippen LogP contribution in [0.2, 0.25) is 0 Å². The summed E-state index contributed by atoms with van der Waals surface area (Å²) in [6.07, 6.45) is 5.42. The third-order valence-electron chi connectivity index (χ3n) is 4.97. The molecule has 0 fully saturated rings. The molecule has 1 heterocycles. The Balaban J connectivity index is 1.88. The number of carbonyl (C=O) groups is 1. The summed E-state index contributed by atoms with van der Waals surface area (Å²) in [4.78, 5) is 19.1. The van der Waals surface area contributed by atoms with Gasteiger partial charge in [0.1, 0.15) is 0 Å². The first-order valence-corrected chi connectivity index (χ1v) is 12.1. The largest absolute Gasteiger partial charge is 0.392 e. The Kier molecular flexibility index (Phi) is 10.5. The number of aliphatic hydroxyl groups is 1. The van der Waals surface area contributed by atoms with E-state index in [2.05, 4.69) is 28.5 Å². The molecule has 1 amide bonds. The number of aliphatic hydroxyl groups excluding tert-OH is 1. The Labute approximate surface area is 191 Å². The molecule has 1 aromatic carbocycles. The number of likely N-dealkylation sites (N-methyl/N-ethyl adjacent to an activating group) is 1. The van der Waals surface area contributed by atoms with Gasteiger partial charge in [-0.15, -0.1) is 0 Å². The number of thioether (sulfide) groups is 1. The van der Waals surface area contributed by atoms with Crippen molar-refractivity contribution in [1.29, 1.82) is 0 Å². The van der Waals surface area contributed by atoms with Gasteiger partial charge in [0, 0.05) is 30.2 Å². The van der Waals surface area contributed by atoms with E-state index < -0.39 is 6.10 Å². The molecule has 0 saturated heterocycles. The highest BCUT2D eigenvalue weighted by atomic mass is 32.2. The van der Waals surface area contributed by atoms with Crippen LogP contribution in [0.5, 0.6) is 0 Å². The predicted octanol–water partition coefficient (Wildman–Crippen LogP) is 3.91. The maximum absolute atomic E-state index is 13.0. The number of hydrogen-bond donors (Lipinski definition) is 2. The van der Waals surface area contributed by atoms with E-state index in [9.17, 15) is 9.90 Å². The van der Waals surface area contributed by atoms with Crippen molar-refractivity contribution in [1.82, 2.24) is 15.2 Å². The molecule has 1 unspecified atom stereocenters. The molecule has 2 rings (SSSR count). The molecule has 0 aliphatic heterocycles. The summed E-state index contributed by atoms with van der Waals surface area (Å²) in [5.41, 5.74) is 2.12. The predicted molar refractivity (Wildman–Crippen MR) is 130 cm³/mol. The quantitative estimate of drug-likeness (QED) is 0.487. The number of aromatic nitrogens is 1. The molecule has 0 spiro atoms. The zero-order valence-electron chi connectivity index (χ0n) is 19.3. The van der Waals surface area contributed by atoms with E-state index in [1.54, 1.807) is 18.0 Å². The molecule has 170 valence electrons. The Bertz CT molecular complexity index is 765. The van der Waals surface area contributed by atoms with Crippen LogP contribution in [-0.4, -0.2) is 57.9 Å². The lowest BCUT2D eigenvalue weighted by Crippen LogP contribution is -2.52.